The molecule has 2 aromatic rings. The van der Waals surface area contributed by atoms with E-state index in [0.717, 1.165) is 6.42 Å². The van der Waals surface area contributed by atoms with E-state index in [0.29, 0.717) is 5.75 Å². The molecule has 2 aromatic carbocycles. The summed E-state index contributed by atoms with van der Waals surface area (Å²) in [7, 11) is 0. The van der Waals surface area contributed by atoms with E-state index in [4.69, 9.17) is 5.73 Å². The minimum absolute atomic E-state index is 0.106. The van der Waals surface area contributed by atoms with Gasteiger partial charge in [0.25, 0.3) is 0 Å². The molecule has 0 heterocycles. The average molecular weight is 225 g/mol. The van der Waals surface area contributed by atoms with Crippen LogP contribution in [0.2, 0.25) is 0 Å². The van der Waals surface area contributed by atoms with Gasteiger partial charge in [-0.25, -0.2) is 0 Å². The molecular weight excluding hydrogens is 210 g/mol. The highest BCUT2D eigenvalue weighted by Gasteiger charge is 2.31. The van der Waals surface area contributed by atoms with Crippen molar-refractivity contribution >= 4 is 0 Å². The van der Waals surface area contributed by atoms with Crippen LogP contribution in [0.1, 0.15) is 22.6 Å². The lowest BCUT2D eigenvalue weighted by molar-refractivity contribution is 0.474. The molecule has 0 bridgehead atoms. The number of rotatable bonds is 1. The van der Waals surface area contributed by atoms with Crippen LogP contribution in [-0.2, 0) is 6.42 Å². The molecular formula is C15H15NO. The number of phenols is 1. The molecule has 0 fully saturated rings. The van der Waals surface area contributed by atoms with E-state index in [1.807, 2.05) is 30.3 Å². The Kier molecular flexibility index (Phi) is 2.37. The molecule has 3 rings (SSSR count). The lowest BCUT2D eigenvalue weighted by atomic mass is 9.90. The quantitative estimate of drug-likeness (QED) is 0.783. The van der Waals surface area contributed by atoms with Crippen molar-refractivity contribution in [2.45, 2.75) is 18.4 Å². The number of nitrogens with two attached hydrogens (primary N) is 1. The Balaban J connectivity index is 2.11. The molecule has 0 saturated heterocycles. The lowest BCUT2D eigenvalue weighted by Gasteiger charge is -2.17. The predicted molar refractivity (Wildman–Crippen MR) is 68.1 cm³/mol. The zero-order valence-corrected chi connectivity index (χ0v) is 9.51. The third kappa shape index (κ3) is 1.71. The van der Waals surface area contributed by atoms with Crippen molar-refractivity contribution in [1.29, 1.82) is 0 Å². The Morgan fingerprint density at radius 2 is 1.82 bits per heavy atom. The van der Waals surface area contributed by atoms with Crippen LogP contribution in [0.5, 0.6) is 5.75 Å². The Labute approximate surface area is 101 Å². The normalized spacial score (nSPS) is 22.4. The minimum atomic E-state index is 0.106. The SMILES string of the molecule is N[C@@H]1Cc2ccc(O)cc2[C@H]1c1ccccc1. The first kappa shape index (κ1) is 10.4. The van der Waals surface area contributed by atoms with Crippen LogP contribution in [0.25, 0.3) is 0 Å². The Morgan fingerprint density at radius 1 is 1.06 bits per heavy atom. The topological polar surface area (TPSA) is 46.2 Å². The third-order valence-corrected chi connectivity index (χ3v) is 3.51. The largest absolute Gasteiger partial charge is 0.508 e. The highest BCUT2D eigenvalue weighted by Crippen LogP contribution is 2.38. The van der Waals surface area contributed by atoms with Gasteiger partial charge in [-0.1, -0.05) is 36.4 Å². The van der Waals surface area contributed by atoms with Crippen molar-refractivity contribution in [2.75, 3.05) is 0 Å². The van der Waals surface area contributed by atoms with Gasteiger partial charge in [0.1, 0.15) is 5.75 Å². The summed E-state index contributed by atoms with van der Waals surface area (Å²) in [6.45, 7) is 0. The van der Waals surface area contributed by atoms with E-state index in [9.17, 15) is 5.11 Å². The number of aromatic hydroxyl groups is 1. The van der Waals surface area contributed by atoms with Gasteiger partial charge in [-0.2, -0.15) is 0 Å². The zero-order chi connectivity index (χ0) is 11.8. The standard InChI is InChI=1S/C15H15NO/c16-14-8-11-6-7-12(17)9-13(11)15(14)10-4-2-1-3-5-10/h1-7,9,14-15,17H,8,16H2/t14-,15-/m1/s1. The van der Waals surface area contributed by atoms with Gasteiger partial charge >= 0.3 is 0 Å². The number of benzene rings is 2. The first-order chi connectivity index (χ1) is 8.25. The van der Waals surface area contributed by atoms with E-state index in [1.54, 1.807) is 6.07 Å². The summed E-state index contributed by atoms with van der Waals surface area (Å²) in [5.74, 6) is 0.525. The molecule has 0 unspecified atom stereocenters. The zero-order valence-electron chi connectivity index (χ0n) is 9.51. The lowest BCUT2D eigenvalue weighted by Crippen LogP contribution is -2.25. The Bertz CT molecular complexity index is 536. The third-order valence-electron chi connectivity index (χ3n) is 3.51. The molecule has 0 aliphatic heterocycles. The van der Waals surface area contributed by atoms with Gasteiger partial charge in [-0.15, -0.1) is 0 Å². The minimum Gasteiger partial charge on any atom is -0.508 e. The molecule has 0 aromatic heterocycles. The molecule has 86 valence electrons. The van der Waals surface area contributed by atoms with Gasteiger partial charge in [-0.05, 0) is 35.2 Å². The van der Waals surface area contributed by atoms with Gasteiger partial charge in [0.2, 0.25) is 0 Å². The summed E-state index contributed by atoms with van der Waals surface area (Å²) < 4.78 is 0. The monoisotopic (exact) mass is 225 g/mol. The van der Waals surface area contributed by atoms with Crippen LogP contribution in [0.4, 0.5) is 0 Å². The summed E-state index contributed by atoms with van der Waals surface area (Å²) in [6.07, 6.45) is 0.884. The molecule has 0 saturated carbocycles. The van der Waals surface area contributed by atoms with Crippen molar-refractivity contribution in [2.24, 2.45) is 5.73 Å². The number of fused-ring (bicyclic) bond motifs is 1. The molecule has 2 nitrogen and oxygen atoms in total. The first-order valence-corrected chi connectivity index (χ1v) is 5.88. The van der Waals surface area contributed by atoms with Gasteiger partial charge in [0.05, 0.1) is 0 Å². The van der Waals surface area contributed by atoms with Gasteiger partial charge in [0.15, 0.2) is 0 Å². The highest BCUT2D eigenvalue weighted by molar-refractivity contribution is 5.47. The van der Waals surface area contributed by atoms with Crippen LogP contribution in [0.15, 0.2) is 48.5 Å². The molecule has 1 aliphatic carbocycles. The maximum Gasteiger partial charge on any atom is 0.115 e. The molecule has 2 heteroatoms. The number of phenolic OH excluding ortho intramolecular Hbond substituents is 1. The van der Waals surface area contributed by atoms with Gasteiger partial charge in [-0.3, -0.25) is 0 Å². The molecule has 3 N–H and O–H groups in total. The second-order valence-electron chi connectivity index (χ2n) is 4.64. The van der Waals surface area contributed by atoms with Crippen molar-refractivity contribution in [3.63, 3.8) is 0 Å². The van der Waals surface area contributed by atoms with E-state index in [1.165, 1.54) is 16.7 Å². The molecule has 0 radical (unpaired) electrons. The first-order valence-electron chi connectivity index (χ1n) is 5.88. The van der Waals surface area contributed by atoms with Crippen molar-refractivity contribution in [3.8, 4) is 5.75 Å². The molecule has 2 atom stereocenters. The fraction of sp³-hybridized carbons (Fsp3) is 0.200. The number of hydrogen-bond donors (Lipinski definition) is 2. The van der Waals surface area contributed by atoms with Crippen LogP contribution >= 0.6 is 0 Å². The smallest absolute Gasteiger partial charge is 0.115 e. The Morgan fingerprint density at radius 3 is 2.59 bits per heavy atom. The highest BCUT2D eigenvalue weighted by atomic mass is 16.3. The maximum absolute atomic E-state index is 9.61. The van der Waals surface area contributed by atoms with Crippen molar-refractivity contribution in [3.05, 3.63) is 65.2 Å². The maximum atomic E-state index is 9.61. The molecule has 1 aliphatic rings. The molecule has 17 heavy (non-hydrogen) atoms. The van der Waals surface area contributed by atoms with E-state index in [-0.39, 0.29) is 12.0 Å². The second-order valence-corrected chi connectivity index (χ2v) is 4.64. The second kappa shape index (κ2) is 3.90. The molecule has 0 amide bonds. The van der Waals surface area contributed by atoms with E-state index < -0.39 is 0 Å². The molecule has 0 spiro atoms. The summed E-state index contributed by atoms with van der Waals surface area (Å²) >= 11 is 0. The van der Waals surface area contributed by atoms with E-state index >= 15 is 0 Å². The van der Waals surface area contributed by atoms with Crippen molar-refractivity contribution < 1.29 is 5.11 Å². The Hall–Kier alpha value is -1.80. The summed E-state index contributed by atoms with van der Waals surface area (Å²) in [4.78, 5) is 0. The fourth-order valence-corrected chi connectivity index (χ4v) is 2.75. The summed E-state index contributed by atoms with van der Waals surface area (Å²) in [5.41, 5.74) is 9.88. The average Bonchev–Trinajstić information content (AvgIpc) is 2.65. The fourth-order valence-electron chi connectivity index (χ4n) is 2.75. The van der Waals surface area contributed by atoms with Crippen molar-refractivity contribution in [1.82, 2.24) is 0 Å². The summed E-state index contributed by atoms with van der Waals surface area (Å²) in [5, 5.41) is 9.61. The van der Waals surface area contributed by atoms with Crippen LogP contribution in [0, 0.1) is 0 Å². The van der Waals surface area contributed by atoms with E-state index in [2.05, 4.69) is 12.1 Å². The van der Waals surface area contributed by atoms with Crippen LogP contribution < -0.4 is 5.73 Å². The van der Waals surface area contributed by atoms with Crippen LogP contribution in [0.3, 0.4) is 0 Å². The van der Waals surface area contributed by atoms with Gasteiger partial charge < -0.3 is 10.8 Å². The predicted octanol–water partition coefficient (Wildman–Crippen LogP) is 2.41. The van der Waals surface area contributed by atoms with Crippen LogP contribution in [-0.4, -0.2) is 11.1 Å². The number of hydrogen-bond acceptors (Lipinski definition) is 2. The summed E-state index contributed by atoms with van der Waals surface area (Å²) in [6, 6.07) is 15.9. The van der Waals surface area contributed by atoms with Gasteiger partial charge in [0, 0.05) is 12.0 Å².